The standard InChI is InChI=1S/C15H18N4O2S/c1-18(15(21)10-19-7-6-16-13(20)8-19)9-14-17-11-4-2-3-5-12(11)22-14/h2-5H,6-10H2,1H3,(H,16,20)/p+1. The summed E-state index contributed by atoms with van der Waals surface area (Å²) in [6.45, 7) is 2.68. The quantitative estimate of drug-likeness (QED) is 0.781. The van der Waals surface area contributed by atoms with Gasteiger partial charge in [-0.2, -0.15) is 0 Å². The van der Waals surface area contributed by atoms with E-state index in [9.17, 15) is 9.59 Å². The number of fused-ring (bicyclic) bond motifs is 1. The molecule has 1 aliphatic rings. The van der Waals surface area contributed by atoms with Gasteiger partial charge in [-0.3, -0.25) is 9.59 Å². The van der Waals surface area contributed by atoms with Crippen molar-refractivity contribution in [3.63, 3.8) is 0 Å². The molecule has 1 unspecified atom stereocenters. The fourth-order valence-corrected chi connectivity index (χ4v) is 3.56. The highest BCUT2D eigenvalue weighted by atomic mass is 32.1. The van der Waals surface area contributed by atoms with E-state index in [1.807, 2.05) is 24.3 Å². The SMILES string of the molecule is CN(Cc1nc2ccccc2s1)C(=O)C[NH+]1CCNC(=O)C1. The summed E-state index contributed by atoms with van der Waals surface area (Å²) in [5, 5.41) is 3.71. The predicted molar refractivity (Wildman–Crippen MR) is 84.7 cm³/mol. The van der Waals surface area contributed by atoms with Gasteiger partial charge in [-0.25, -0.2) is 4.98 Å². The summed E-state index contributed by atoms with van der Waals surface area (Å²) >= 11 is 1.61. The molecule has 3 rings (SSSR count). The van der Waals surface area contributed by atoms with Gasteiger partial charge in [0, 0.05) is 7.05 Å². The molecule has 0 spiro atoms. The number of carbonyl (C=O) groups is 2. The predicted octanol–water partition coefficient (Wildman–Crippen LogP) is -0.731. The average molecular weight is 319 g/mol. The van der Waals surface area contributed by atoms with Gasteiger partial charge in [0.25, 0.3) is 11.8 Å². The first-order valence-corrected chi connectivity index (χ1v) is 8.12. The van der Waals surface area contributed by atoms with E-state index >= 15 is 0 Å². The Morgan fingerprint density at radius 1 is 1.45 bits per heavy atom. The molecule has 2 aromatic rings. The fraction of sp³-hybridized carbons (Fsp3) is 0.400. The number of aromatic nitrogens is 1. The molecule has 22 heavy (non-hydrogen) atoms. The lowest BCUT2D eigenvalue weighted by Gasteiger charge is -2.25. The minimum Gasteiger partial charge on any atom is -0.346 e. The van der Waals surface area contributed by atoms with E-state index < -0.39 is 0 Å². The number of hydrogen-bond acceptors (Lipinski definition) is 4. The number of benzene rings is 1. The second kappa shape index (κ2) is 6.41. The number of rotatable bonds is 4. The number of nitrogens with one attached hydrogen (secondary N) is 2. The zero-order chi connectivity index (χ0) is 15.5. The highest BCUT2D eigenvalue weighted by Crippen LogP contribution is 2.22. The number of thiazole rings is 1. The van der Waals surface area contributed by atoms with Crippen molar-refractivity contribution in [1.82, 2.24) is 15.2 Å². The molecular formula is C15H19N4O2S+. The van der Waals surface area contributed by atoms with Gasteiger partial charge in [0.2, 0.25) is 0 Å². The third-order valence-electron chi connectivity index (χ3n) is 3.75. The number of para-hydroxylation sites is 1. The van der Waals surface area contributed by atoms with Crippen LogP contribution in [0.1, 0.15) is 5.01 Å². The van der Waals surface area contributed by atoms with Gasteiger partial charge in [0.05, 0.1) is 29.9 Å². The van der Waals surface area contributed by atoms with Gasteiger partial charge in [-0.1, -0.05) is 12.1 Å². The first-order chi connectivity index (χ1) is 10.6. The smallest absolute Gasteiger partial charge is 0.277 e. The molecule has 0 saturated carbocycles. The molecule has 1 aromatic heterocycles. The van der Waals surface area contributed by atoms with Crippen LogP contribution in [0.4, 0.5) is 0 Å². The number of amides is 2. The number of carbonyl (C=O) groups excluding carboxylic acids is 2. The van der Waals surface area contributed by atoms with Crippen molar-refractivity contribution in [2.75, 3.05) is 33.2 Å². The zero-order valence-electron chi connectivity index (χ0n) is 12.5. The van der Waals surface area contributed by atoms with Crippen molar-refractivity contribution in [2.24, 2.45) is 0 Å². The van der Waals surface area contributed by atoms with Crippen molar-refractivity contribution in [3.8, 4) is 0 Å². The van der Waals surface area contributed by atoms with Crippen LogP contribution in [0, 0.1) is 0 Å². The molecule has 6 nitrogen and oxygen atoms in total. The van der Waals surface area contributed by atoms with E-state index in [0.717, 1.165) is 26.7 Å². The first-order valence-electron chi connectivity index (χ1n) is 7.30. The van der Waals surface area contributed by atoms with Crippen LogP contribution in [0.3, 0.4) is 0 Å². The number of hydrogen-bond donors (Lipinski definition) is 2. The van der Waals surface area contributed by atoms with Gasteiger partial charge >= 0.3 is 0 Å². The number of likely N-dealkylation sites (N-methyl/N-ethyl adjacent to an activating group) is 1. The fourth-order valence-electron chi connectivity index (χ4n) is 2.53. The molecule has 0 aliphatic carbocycles. The van der Waals surface area contributed by atoms with Crippen LogP contribution in [0.5, 0.6) is 0 Å². The van der Waals surface area contributed by atoms with Crippen LogP contribution in [-0.2, 0) is 16.1 Å². The number of quaternary nitrogens is 1. The van der Waals surface area contributed by atoms with E-state index in [2.05, 4.69) is 10.3 Å². The molecule has 2 heterocycles. The molecule has 2 N–H and O–H groups in total. The minimum absolute atomic E-state index is 0.0166. The van der Waals surface area contributed by atoms with E-state index in [0.29, 0.717) is 26.2 Å². The Hall–Kier alpha value is -1.99. The Morgan fingerprint density at radius 3 is 3.05 bits per heavy atom. The van der Waals surface area contributed by atoms with E-state index in [-0.39, 0.29) is 11.8 Å². The Bertz CT molecular complexity index is 667. The lowest BCUT2D eigenvalue weighted by molar-refractivity contribution is -0.885. The van der Waals surface area contributed by atoms with Crippen LogP contribution < -0.4 is 10.2 Å². The maximum Gasteiger partial charge on any atom is 0.277 e. The van der Waals surface area contributed by atoms with Crippen molar-refractivity contribution in [2.45, 2.75) is 6.54 Å². The highest BCUT2D eigenvalue weighted by molar-refractivity contribution is 7.18. The summed E-state index contributed by atoms with van der Waals surface area (Å²) in [7, 11) is 1.79. The molecule has 0 radical (unpaired) electrons. The van der Waals surface area contributed by atoms with Gasteiger partial charge in [-0.15, -0.1) is 11.3 Å². The molecule has 1 saturated heterocycles. The molecular weight excluding hydrogens is 300 g/mol. The van der Waals surface area contributed by atoms with Crippen molar-refractivity contribution in [1.29, 1.82) is 0 Å². The zero-order valence-corrected chi connectivity index (χ0v) is 13.3. The van der Waals surface area contributed by atoms with Crippen LogP contribution in [0.25, 0.3) is 10.2 Å². The Morgan fingerprint density at radius 2 is 2.27 bits per heavy atom. The number of nitrogens with zero attached hydrogens (tertiary/aromatic N) is 2. The van der Waals surface area contributed by atoms with E-state index in [4.69, 9.17) is 0 Å². The summed E-state index contributed by atoms with van der Waals surface area (Å²) in [4.78, 5) is 30.9. The first kappa shape index (κ1) is 14.9. The Kier molecular flexibility index (Phi) is 4.35. The van der Waals surface area contributed by atoms with Crippen LogP contribution in [0.2, 0.25) is 0 Å². The van der Waals surface area contributed by atoms with Crippen LogP contribution >= 0.6 is 11.3 Å². The summed E-state index contributed by atoms with van der Waals surface area (Å²) in [6.07, 6.45) is 0. The molecule has 0 bridgehead atoms. The third-order valence-corrected chi connectivity index (χ3v) is 4.77. The van der Waals surface area contributed by atoms with Gasteiger partial charge in [-0.05, 0) is 12.1 Å². The average Bonchev–Trinajstić information content (AvgIpc) is 2.89. The van der Waals surface area contributed by atoms with Gasteiger partial charge < -0.3 is 15.1 Å². The summed E-state index contributed by atoms with van der Waals surface area (Å²) in [6, 6.07) is 7.97. The van der Waals surface area contributed by atoms with E-state index in [1.165, 1.54) is 0 Å². The topological polar surface area (TPSA) is 66.7 Å². The normalized spacial score (nSPS) is 18.2. The second-order valence-electron chi connectivity index (χ2n) is 5.53. The molecule has 1 fully saturated rings. The largest absolute Gasteiger partial charge is 0.346 e. The molecule has 1 atom stereocenters. The Balaban J connectivity index is 1.59. The van der Waals surface area contributed by atoms with Crippen molar-refractivity contribution >= 4 is 33.4 Å². The maximum absolute atomic E-state index is 12.3. The van der Waals surface area contributed by atoms with Crippen molar-refractivity contribution < 1.29 is 14.5 Å². The van der Waals surface area contributed by atoms with Crippen LogP contribution in [0.15, 0.2) is 24.3 Å². The maximum atomic E-state index is 12.3. The molecule has 2 amide bonds. The molecule has 1 aromatic carbocycles. The lowest BCUT2D eigenvalue weighted by Crippen LogP contribution is -3.16. The molecule has 1 aliphatic heterocycles. The lowest BCUT2D eigenvalue weighted by atomic mass is 10.3. The molecule has 7 heteroatoms. The Labute approximate surface area is 132 Å². The third kappa shape index (κ3) is 3.42. The van der Waals surface area contributed by atoms with Crippen LogP contribution in [-0.4, -0.2) is 54.9 Å². The molecule has 116 valence electrons. The summed E-state index contributed by atoms with van der Waals surface area (Å²) in [5.41, 5.74) is 0.974. The summed E-state index contributed by atoms with van der Waals surface area (Å²) < 4.78 is 1.14. The second-order valence-corrected chi connectivity index (χ2v) is 6.64. The summed E-state index contributed by atoms with van der Waals surface area (Å²) in [5.74, 6) is 0.0619. The number of piperazine rings is 1. The van der Waals surface area contributed by atoms with Gasteiger partial charge in [0.1, 0.15) is 5.01 Å². The van der Waals surface area contributed by atoms with Gasteiger partial charge in [0.15, 0.2) is 13.1 Å². The van der Waals surface area contributed by atoms with E-state index in [1.54, 1.807) is 23.3 Å². The monoisotopic (exact) mass is 319 g/mol. The van der Waals surface area contributed by atoms with Crippen molar-refractivity contribution in [3.05, 3.63) is 29.3 Å². The minimum atomic E-state index is 0.0166. The highest BCUT2D eigenvalue weighted by Gasteiger charge is 2.24.